The number of benzene rings is 2. The molecule has 3 aliphatic rings. The second kappa shape index (κ2) is 11.9. The molecule has 3 amide bonds. The van der Waals surface area contributed by atoms with E-state index in [1.165, 1.54) is 16.7 Å². The number of para-hydroxylation sites is 1. The molecule has 4 heterocycles. The van der Waals surface area contributed by atoms with Crippen molar-refractivity contribution in [2.24, 2.45) is 0 Å². The first-order chi connectivity index (χ1) is 20.3. The van der Waals surface area contributed by atoms with Crippen molar-refractivity contribution in [1.29, 1.82) is 0 Å². The summed E-state index contributed by atoms with van der Waals surface area (Å²) in [5.41, 5.74) is 2.91. The third-order valence-corrected chi connectivity index (χ3v) is 8.36. The summed E-state index contributed by atoms with van der Waals surface area (Å²) < 4.78 is 36.5. The molecule has 13 heteroatoms. The van der Waals surface area contributed by atoms with E-state index in [4.69, 9.17) is 4.74 Å². The Balaban J connectivity index is 1.08. The van der Waals surface area contributed by atoms with Gasteiger partial charge < -0.3 is 30.3 Å². The van der Waals surface area contributed by atoms with E-state index >= 15 is 0 Å². The first-order valence-corrected chi connectivity index (χ1v) is 14.2. The Morgan fingerprint density at radius 1 is 1.12 bits per heavy atom. The Bertz CT molecular complexity index is 1540. The lowest BCUT2D eigenvalue weighted by Crippen LogP contribution is -2.48. The number of anilines is 1. The maximum atomic E-state index is 13.1. The summed E-state index contributed by atoms with van der Waals surface area (Å²) in [5, 5.41) is 8.57. The van der Waals surface area contributed by atoms with Gasteiger partial charge in [-0.3, -0.25) is 19.4 Å². The fourth-order valence-corrected chi connectivity index (χ4v) is 6.13. The van der Waals surface area contributed by atoms with Gasteiger partial charge in [-0.05, 0) is 42.0 Å². The second-order valence-electron chi connectivity index (χ2n) is 10.0. The first kappa shape index (κ1) is 27.9. The quantitative estimate of drug-likeness (QED) is 0.283. The van der Waals surface area contributed by atoms with Gasteiger partial charge in [-0.25, -0.2) is 0 Å². The van der Waals surface area contributed by atoms with Crippen LogP contribution in [0.3, 0.4) is 0 Å². The number of hydrogen-bond donors (Lipinski definition) is 3. The molecule has 0 spiro atoms. The zero-order chi connectivity index (χ0) is 29.2. The van der Waals surface area contributed by atoms with Crippen LogP contribution in [-0.4, -0.2) is 66.0 Å². The van der Waals surface area contributed by atoms with Gasteiger partial charge in [0.25, 0.3) is 5.91 Å². The zero-order valence-corrected chi connectivity index (χ0v) is 23.1. The predicted octanol–water partition coefficient (Wildman–Crippen LogP) is 3.56. The highest BCUT2D eigenvalue weighted by Gasteiger charge is 2.41. The first-order valence-electron chi connectivity index (χ1n) is 13.4. The molecule has 10 nitrogen and oxygen atoms in total. The molecule has 0 aliphatic carbocycles. The normalized spacial score (nSPS) is 18.4. The molecule has 3 aliphatic heterocycles. The van der Waals surface area contributed by atoms with Crippen LogP contribution in [0.1, 0.15) is 28.0 Å². The molecule has 2 atom stereocenters. The maximum absolute atomic E-state index is 13.1. The lowest BCUT2D eigenvalue weighted by molar-refractivity contribution is -0.160. The van der Waals surface area contributed by atoms with E-state index in [-0.39, 0.29) is 25.1 Å². The standard InChI is InChI=1S/C29H27F2N5O5S/c30-29(31)40-18-11-21(28(39)34-13-16-9-20-19(33-12-16)7-8-32-20)36(15-18)26(37)14-35-27(38)17-5-6-25-23(10-17)41-22-3-1-2-4-24(22)42-25/h1-6,9-10,12,18,21,29,32H,7-8,11,13-15H2,(H,34,39)(H,35,38)/t18-,21+/m1/s1. The average molecular weight is 596 g/mol. The third kappa shape index (κ3) is 6.02. The molecule has 1 fully saturated rings. The molecule has 1 aromatic heterocycles. The van der Waals surface area contributed by atoms with E-state index in [0.29, 0.717) is 11.5 Å². The molecular weight excluding hydrogens is 568 g/mol. The number of ether oxygens (including phenoxy) is 2. The van der Waals surface area contributed by atoms with Gasteiger partial charge in [0.15, 0.2) is 0 Å². The van der Waals surface area contributed by atoms with Crippen LogP contribution in [0.5, 0.6) is 11.5 Å². The number of carbonyl (C=O) groups excluding carboxylic acids is 3. The summed E-state index contributed by atoms with van der Waals surface area (Å²) in [6, 6.07) is 13.4. The van der Waals surface area contributed by atoms with Crippen molar-refractivity contribution in [2.45, 2.75) is 47.9 Å². The highest BCUT2D eigenvalue weighted by molar-refractivity contribution is 7.99. The number of pyridine rings is 1. The van der Waals surface area contributed by atoms with Crippen molar-refractivity contribution in [3.63, 3.8) is 0 Å². The number of aromatic nitrogens is 1. The highest BCUT2D eigenvalue weighted by atomic mass is 32.2. The van der Waals surface area contributed by atoms with Gasteiger partial charge in [-0.1, -0.05) is 23.9 Å². The molecule has 0 radical (unpaired) electrons. The van der Waals surface area contributed by atoms with Gasteiger partial charge in [0, 0.05) is 44.2 Å². The van der Waals surface area contributed by atoms with E-state index in [9.17, 15) is 23.2 Å². The summed E-state index contributed by atoms with van der Waals surface area (Å²) >= 11 is 1.53. The number of amides is 3. The number of rotatable bonds is 8. The van der Waals surface area contributed by atoms with Crippen LogP contribution in [0.25, 0.3) is 0 Å². The van der Waals surface area contributed by atoms with Crippen molar-refractivity contribution in [2.75, 3.05) is 25.0 Å². The lowest BCUT2D eigenvalue weighted by Gasteiger charge is -2.24. The van der Waals surface area contributed by atoms with Crippen molar-refractivity contribution >= 4 is 35.2 Å². The Labute approximate surface area is 244 Å². The molecule has 0 bridgehead atoms. The zero-order valence-electron chi connectivity index (χ0n) is 22.3. The van der Waals surface area contributed by atoms with Crippen molar-refractivity contribution in [3.8, 4) is 11.5 Å². The SMILES string of the molecule is O=C(NCC(=O)N1C[C@H](OC(F)F)C[C@H]1C(=O)NCc1cnc2c(c1)NCC2)c1ccc2c(c1)Oc1ccccc1S2. The molecule has 0 saturated carbocycles. The van der Waals surface area contributed by atoms with E-state index in [1.807, 2.05) is 30.3 Å². The van der Waals surface area contributed by atoms with E-state index in [2.05, 4.69) is 25.7 Å². The van der Waals surface area contributed by atoms with Crippen LogP contribution in [0.15, 0.2) is 64.5 Å². The minimum atomic E-state index is -3.05. The third-order valence-electron chi connectivity index (χ3n) is 7.25. The van der Waals surface area contributed by atoms with Gasteiger partial charge in [0.1, 0.15) is 17.5 Å². The lowest BCUT2D eigenvalue weighted by atomic mass is 10.1. The van der Waals surface area contributed by atoms with Crippen molar-refractivity contribution in [1.82, 2.24) is 20.5 Å². The number of nitrogens with zero attached hydrogens (tertiary/aromatic N) is 2. The monoisotopic (exact) mass is 595 g/mol. The largest absolute Gasteiger partial charge is 0.455 e. The molecule has 2 aromatic carbocycles. The van der Waals surface area contributed by atoms with Gasteiger partial charge in [0.2, 0.25) is 11.8 Å². The Morgan fingerprint density at radius 2 is 1.95 bits per heavy atom. The minimum absolute atomic E-state index is 0.0961. The van der Waals surface area contributed by atoms with Crippen LogP contribution in [0, 0.1) is 0 Å². The van der Waals surface area contributed by atoms with E-state index in [0.717, 1.165) is 39.7 Å². The number of nitrogens with one attached hydrogen (secondary N) is 3. The van der Waals surface area contributed by atoms with Crippen LogP contribution in [0.2, 0.25) is 0 Å². The smallest absolute Gasteiger partial charge is 0.345 e. The number of alkyl halides is 2. The summed E-state index contributed by atoms with van der Waals surface area (Å²) in [4.78, 5) is 46.5. The van der Waals surface area contributed by atoms with E-state index in [1.54, 1.807) is 24.4 Å². The van der Waals surface area contributed by atoms with Gasteiger partial charge >= 0.3 is 6.61 Å². The Kier molecular flexibility index (Phi) is 7.94. The average Bonchev–Trinajstić information content (AvgIpc) is 3.63. The molecule has 3 N–H and O–H groups in total. The highest BCUT2D eigenvalue weighted by Crippen LogP contribution is 2.46. The molecular formula is C29H27F2N5O5S. The fraction of sp³-hybridized carbons (Fsp3) is 0.310. The van der Waals surface area contributed by atoms with Crippen molar-refractivity contribution in [3.05, 3.63) is 71.5 Å². The van der Waals surface area contributed by atoms with Gasteiger partial charge in [-0.15, -0.1) is 0 Å². The number of halogens is 2. The van der Waals surface area contributed by atoms with Crippen LogP contribution in [-0.2, 0) is 27.3 Å². The van der Waals surface area contributed by atoms with Gasteiger partial charge in [-0.2, -0.15) is 8.78 Å². The molecule has 42 heavy (non-hydrogen) atoms. The number of hydrogen-bond acceptors (Lipinski definition) is 8. The Morgan fingerprint density at radius 3 is 2.81 bits per heavy atom. The molecule has 218 valence electrons. The minimum Gasteiger partial charge on any atom is -0.455 e. The molecule has 0 unspecified atom stereocenters. The summed E-state index contributed by atoms with van der Waals surface area (Å²) in [7, 11) is 0. The number of fused-ring (bicyclic) bond motifs is 3. The topological polar surface area (TPSA) is 122 Å². The summed E-state index contributed by atoms with van der Waals surface area (Å²) in [6.45, 7) is -2.73. The van der Waals surface area contributed by atoms with Crippen LogP contribution >= 0.6 is 11.8 Å². The molecule has 3 aromatic rings. The van der Waals surface area contributed by atoms with Gasteiger partial charge in [0.05, 0.1) is 33.8 Å². The second-order valence-corrected chi connectivity index (χ2v) is 11.1. The van der Waals surface area contributed by atoms with E-state index < -0.39 is 43.0 Å². The maximum Gasteiger partial charge on any atom is 0.345 e. The molecule has 6 rings (SSSR count). The number of likely N-dealkylation sites (tertiary alicyclic amines) is 1. The number of carbonyl (C=O) groups is 3. The van der Waals surface area contributed by atoms with Crippen LogP contribution in [0.4, 0.5) is 14.5 Å². The Hall–Kier alpha value is -4.23. The molecule has 1 saturated heterocycles. The van der Waals surface area contributed by atoms with Crippen LogP contribution < -0.4 is 20.7 Å². The predicted molar refractivity (Wildman–Crippen MR) is 149 cm³/mol. The fourth-order valence-electron chi connectivity index (χ4n) is 5.20. The summed E-state index contributed by atoms with van der Waals surface area (Å²) in [6.07, 6.45) is 1.38. The van der Waals surface area contributed by atoms with Crippen molar-refractivity contribution < 1.29 is 32.6 Å². The summed E-state index contributed by atoms with van der Waals surface area (Å²) in [5.74, 6) is -0.406.